The summed E-state index contributed by atoms with van der Waals surface area (Å²) in [5.41, 5.74) is 0. The van der Waals surface area contributed by atoms with Crippen molar-refractivity contribution in [2.75, 3.05) is 26.2 Å². The number of hydrogen-bond donors (Lipinski definition) is 1. The van der Waals surface area contributed by atoms with E-state index >= 15 is 0 Å². The predicted octanol–water partition coefficient (Wildman–Crippen LogP) is 1.57. The molecule has 0 saturated carbocycles. The number of amides is 1. The van der Waals surface area contributed by atoms with Crippen molar-refractivity contribution in [2.24, 2.45) is 5.92 Å². The van der Waals surface area contributed by atoms with E-state index in [1.807, 2.05) is 13.8 Å². The Kier molecular flexibility index (Phi) is 7.59. The number of nitrogens with one attached hydrogen (secondary N) is 1. The predicted molar refractivity (Wildman–Crippen MR) is 78.3 cm³/mol. The number of rotatable bonds is 7. The number of ether oxygens (including phenoxy) is 1. The van der Waals surface area contributed by atoms with Crippen LogP contribution >= 0.6 is 0 Å². The SMILES string of the molecule is CCCCNC(=O)C(C)N1CCC(C(=O)OCC)CC1. The molecule has 0 aromatic carbocycles. The molecule has 1 rings (SSSR count). The fourth-order valence-corrected chi connectivity index (χ4v) is 2.48. The summed E-state index contributed by atoms with van der Waals surface area (Å²) < 4.78 is 5.05. The van der Waals surface area contributed by atoms with Crippen molar-refractivity contribution in [3.05, 3.63) is 0 Å². The van der Waals surface area contributed by atoms with Crippen LogP contribution in [0.25, 0.3) is 0 Å². The lowest BCUT2D eigenvalue weighted by Crippen LogP contribution is -2.49. The molecular formula is C15H28N2O3. The summed E-state index contributed by atoms with van der Waals surface area (Å²) in [5.74, 6) is 0.00166. The molecule has 0 radical (unpaired) electrons. The molecule has 0 aliphatic carbocycles. The summed E-state index contributed by atoms with van der Waals surface area (Å²) in [6, 6.07) is -0.116. The highest BCUT2D eigenvalue weighted by atomic mass is 16.5. The van der Waals surface area contributed by atoms with Crippen LogP contribution in [0.4, 0.5) is 0 Å². The summed E-state index contributed by atoms with van der Waals surface area (Å²) in [7, 11) is 0. The molecule has 1 unspecified atom stereocenters. The second-order valence-electron chi connectivity index (χ2n) is 5.38. The molecule has 0 spiro atoms. The number of hydrogen-bond acceptors (Lipinski definition) is 4. The van der Waals surface area contributed by atoms with Crippen molar-refractivity contribution in [2.45, 2.75) is 52.5 Å². The smallest absolute Gasteiger partial charge is 0.309 e. The fourth-order valence-electron chi connectivity index (χ4n) is 2.48. The van der Waals surface area contributed by atoms with Crippen LogP contribution in [-0.2, 0) is 14.3 Å². The van der Waals surface area contributed by atoms with Crippen LogP contribution in [0, 0.1) is 5.92 Å². The largest absolute Gasteiger partial charge is 0.466 e. The lowest BCUT2D eigenvalue weighted by atomic mass is 9.96. The second-order valence-corrected chi connectivity index (χ2v) is 5.38. The standard InChI is InChI=1S/C15H28N2O3/c1-4-6-9-16-14(18)12(3)17-10-7-13(8-11-17)15(19)20-5-2/h12-13H,4-11H2,1-3H3,(H,16,18). The Labute approximate surface area is 122 Å². The van der Waals surface area contributed by atoms with Gasteiger partial charge < -0.3 is 10.1 Å². The Balaban J connectivity index is 2.33. The van der Waals surface area contributed by atoms with E-state index in [1.165, 1.54) is 0 Å². The fraction of sp³-hybridized carbons (Fsp3) is 0.867. The first-order valence-corrected chi connectivity index (χ1v) is 7.78. The van der Waals surface area contributed by atoms with Crippen molar-refractivity contribution < 1.29 is 14.3 Å². The molecule has 1 atom stereocenters. The van der Waals surface area contributed by atoms with Crippen LogP contribution in [0.15, 0.2) is 0 Å². The Hall–Kier alpha value is -1.10. The van der Waals surface area contributed by atoms with Crippen molar-refractivity contribution >= 4 is 11.9 Å². The highest BCUT2D eigenvalue weighted by Gasteiger charge is 2.30. The van der Waals surface area contributed by atoms with Gasteiger partial charge in [0.05, 0.1) is 18.6 Å². The number of unbranched alkanes of at least 4 members (excludes halogenated alkanes) is 1. The molecule has 1 heterocycles. The van der Waals surface area contributed by atoms with Gasteiger partial charge in [0.15, 0.2) is 0 Å². The van der Waals surface area contributed by atoms with Gasteiger partial charge in [-0.25, -0.2) is 0 Å². The Morgan fingerprint density at radius 3 is 2.50 bits per heavy atom. The van der Waals surface area contributed by atoms with E-state index in [-0.39, 0.29) is 23.8 Å². The van der Waals surface area contributed by atoms with Crippen LogP contribution in [-0.4, -0.2) is 49.1 Å². The van der Waals surface area contributed by atoms with E-state index in [1.54, 1.807) is 0 Å². The number of piperidine rings is 1. The average Bonchev–Trinajstić information content (AvgIpc) is 2.47. The monoisotopic (exact) mass is 284 g/mol. The topological polar surface area (TPSA) is 58.6 Å². The maximum absolute atomic E-state index is 12.0. The van der Waals surface area contributed by atoms with Gasteiger partial charge in [-0.05, 0) is 46.2 Å². The van der Waals surface area contributed by atoms with Crippen molar-refractivity contribution in [1.29, 1.82) is 0 Å². The zero-order valence-corrected chi connectivity index (χ0v) is 13.0. The quantitative estimate of drug-likeness (QED) is 0.569. The third-order valence-electron chi connectivity index (χ3n) is 3.91. The maximum Gasteiger partial charge on any atom is 0.309 e. The minimum Gasteiger partial charge on any atom is -0.466 e. The molecule has 0 aromatic rings. The van der Waals surface area contributed by atoms with Gasteiger partial charge in [-0.15, -0.1) is 0 Å². The van der Waals surface area contributed by atoms with E-state index in [9.17, 15) is 9.59 Å². The number of carbonyl (C=O) groups is 2. The number of esters is 1. The zero-order valence-electron chi connectivity index (χ0n) is 13.0. The van der Waals surface area contributed by atoms with Gasteiger partial charge in [0.1, 0.15) is 0 Å². The Morgan fingerprint density at radius 2 is 1.95 bits per heavy atom. The highest BCUT2D eigenvalue weighted by molar-refractivity contribution is 5.81. The summed E-state index contributed by atoms with van der Waals surface area (Å²) in [4.78, 5) is 25.8. The minimum atomic E-state index is -0.116. The third kappa shape index (κ3) is 5.12. The molecule has 1 aliphatic heterocycles. The van der Waals surface area contributed by atoms with Crippen molar-refractivity contribution in [1.82, 2.24) is 10.2 Å². The summed E-state index contributed by atoms with van der Waals surface area (Å²) in [6.07, 6.45) is 3.67. The molecule has 5 heteroatoms. The Bertz CT molecular complexity index is 312. The third-order valence-corrected chi connectivity index (χ3v) is 3.91. The summed E-state index contributed by atoms with van der Waals surface area (Å²) in [5, 5.41) is 2.96. The van der Waals surface area contributed by atoms with E-state index in [4.69, 9.17) is 4.74 Å². The van der Waals surface area contributed by atoms with E-state index < -0.39 is 0 Å². The molecule has 0 bridgehead atoms. The molecule has 1 aliphatic rings. The van der Waals surface area contributed by atoms with Crippen LogP contribution in [0.1, 0.15) is 46.5 Å². The molecule has 0 aromatic heterocycles. The first kappa shape index (κ1) is 17.0. The van der Waals surface area contributed by atoms with Crippen LogP contribution in [0.2, 0.25) is 0 Å². The van der Waals surface area contributed by atoms with Crippen LogP contribution in [0.5, 0.6) is 0 Å². The van der Waals surface area contributed by atoms with Gasteiger partial charge in [-0.2, -0.15) is 0 Å². The summed E-state index contributed by atoms with van der Waals surface area (Å²) >= 11 is 0. The molecule has 20 heavy (non-hydrogen) atoms. The number of carbonyl (C=O) groups excluding carboxylic acids is 2. The maximum atomic E-state index is 12.0. The first-order valence-electron chi connectivity index (χ1n) is 7.78. The van der Waals surface area contributed by atoms with Gasteiger partial charge >= 0.3 is 5.97 Å². The van der Waals surface area contributed by atoms with E-state index in [0.717, 1.165) is 45.3 Å². The lowest BCUT2D eigenvalue weighted by molar-refractivity contribution is -0.149. The molecule has 1 N–H and O–H groups in total. The number of nitrogens with zero attached hydrogens (tertiary/aromatic N) is 1. The highest BCUT2D eigenvalue weighted by Crippen LogP contribution is 2.20. The lowest BCUT2D eigenvalue weighted by Gasteiger charge is -2.34. The normalized spacial score (nSPS) is 18.6. The van der Waals surface area contributed by atoms with Crippen LogP contribution in [0.3, 0.4) is 0 Å². The van der Waals surface area contributed by atoms with Gasteiger partial charge in [-0.1, -0.05) is 13.3 Å². The zero-order chi connectivity index (χ0) is 15.0. The molecule has 1 amide bonds. The van der Waals surface area contributed by atoms with Gasteiger partial charge in [0.2, 0.25) is 5.91 Å². The molecule has 1 saturated heterocycles. The molecule has 1 fully saturated rings. The van der Waals surface area contributed by atoms with E-state index in [2.05, 4.69) is 17.1 Å². The molecule has 5 nitrogen and oxygen atoms in total. The van der Waals surface area contributed by atoms with Crippen molar-refractivity contribution in [3.63, 3.8) is 0 Å². The first-order chi connectivity index (χ1) is 9.60. The minimum absolute atomic E-state index is 0.00144. The van der Waals surface area contributed by atoms with E-state index in [0.29, 0.717) is 6.61 Å². The molecular weight excluding hydrogens is 256 g/mol. The van der Waals surface area contributed by atoms with Crippen molar-refractivity contribution in [3.8, 4) is 0 Å². The summed E-state index contributed by atoms with van der Waals surface area (Å²) in [6.45, 7) is 8.63. The number of likely N-dealkylation sites (tertiary alicyclic amines) is 1. The van der Waals surface area contributed by atoms with Gasteiger partial charge in [0.25, 0.3) is 0 Å². The van der Waals surface area contributed by atoms with Gasteiger partial charge in [0, 0.05) is 6.54 Å². The average molecular weight is 284 g/mol. The second kappa shape index (κ2) is 8.95. The van der Waals surface area contributed by atoms with Gasteiger partial charge in [-0.3, -0.25) is 14.5 Å². The van der Waals surface area contributed by atoms with Crippen LogP contribution < -0.4 is 5.32 Å². The molecule has 116 valence electrons. The Morgan fingerprint density at radius 1 is 1.30 bits per heavy atom.